The third-order valence-electron chi connectivity index (χ3n) is 5.54. The van der Waals surface area contributed by atoms with E-state index in [0.29, 0.717) is 40.9 Å². The van der Waals surface area contributed by atoms with Gasteiger partial charge in [-0.3, -0.25) is 24.3 Å². The van der Waals surface area contributed by atoms with Gasteiger partial charge in [-0.2, -0.15) is 10.2 Å². The van der Waals surface area contributed by atoms with E-state index < -0.39 is 4.92 Å². The zero-order chi connectivity index (χ0) is 24.4. The van der Waals surface area contributed by atoms with Gasteiger partial charge in [0.15, 0.2) is 5.82 Å². The van der Waals surface area contributed by atoms with Gasteiger partial charge in [0, 0.05) is 22.3 Å². The molecule has 34 heavy (non-hydrogen) atoms. The fourth-order valence-electron chi connectivity index (χ4n) is 3.72. The van der Waals surface area contributed by atoms with E-state index >= 15 is 0 Å². The van der Waals surface area contributed by atoms with E-state index in [1.165, 1.54) is 0 Å². The standard InChI is InChI=1S/C24H23ClN6O3/c1-15-12-22(28-29(15)13-19-6-10-21(25)11-7-19)26-24(32)20-8-4-18(5-9-20)14-30-17(3)23(31(33)34)16(2)27-30/h4-12H,13-14H2,1-3H3,(H,26,28,32). The van der Waals surface area contributed by atoms with E-state index in [4.69, 9.17) is 11.6 Å². The Morgan fingerprint density at radius 2 is 1.56 bits per heavy atom. The molecule has 0 radical (unpaired) electrons. The summed E-state index contributed by atoms with van der Waals surface area (Å²) in [6.07, 6.45) is 0. The lowest BCUT2D eigenvalue weighted by Crippen LogP contribution is -2.13. The maximum atomic E-state index is 12.7. The highest BCUT2D eigenvalue weighted by molar-refractivity contribution is 6.30. The number of amides is 1. The van der Waals surface area contributed by atoms with E-state index in [1.807, 2.05) is 54.1 Å². The predicted octanol–water partition coefficient (Wildman–Crippen LogP) is 4.92. The van der Waals surface area contributed by atoms with Gasteiger partial charge in [0.2, 0.25) is 0 Å². The van der Waals surface area contributed by atoms with Gasteiger partial charge in [-0.05, 0) is 56.2 Å². The van der Waals surface area contributed by atoms with Crippen LogP contribution in [0.2, 0.25) is 5.02 Å². The minimum Gasteiger partial charge on any atom is -0.305 e. The van der Waals surface area contributed by atoms with Crippen molar-refractivity contribution in [1.82, 2.24) is 19.6 Å². The summed E-state index contributed by atoms with van der Waals surface area (Å²) in [5.74, 6) is 0.194. The number of rotatable bonds is 7. The van der Waals surface area contributed by atoms with E-state index in [-0.39, 0.29) is 11.6 Å². The lowest BCUT2D eigenvalue weighted by Gasteiger charge is -2.06. The number of hydrogen-bond acceptors (Lipinski definition) is 5. The molecule has 9 nitrogen and oxygen atoms in total. The second-order valence-corrected chi connectivity index (χ2v) is 8.48. The number of nitrogens with zero attached hydrogens (tertiary/aromatic N) is 5. The van der Waals surface area contributed by atoms with Crippen molar-refractivity contribution < 1.29 is 9.72 Å². The molecule has 2 aromatic carbocycles. The van der Waals surface area contributed by atoms with Crippen molar-refractivity contribution in [3.8, 4) is 0 Å². The quantitative estimate of drug-likeness (QED) is 0.300. The maximum absolute atomic E-state index is 12.7. The molecule has 0 atom stereocenters. The van der Waals surface area contributed by atoms with Gasteiger partial charge < -0.3 is 5.32 Å². The Hall–Kier alpha value is -3.98. The first kappa shape index (κ1) is 23.2. The summed E-state index contributed by atoms with van der Waals surface area (Å²) in [5.41, 5.74) is 4.23. The van der Waals surface area contributed by atoms with Crippen molar-refractivity contribution in [2.24, 2.45) is 0 Å². The Bertz CT molecular complexity index is 1360. The minimum absolute atomic E-state index is 0.0294. The second kappa shape index (κ2) is 9.48. The number of hydrogen-bond donors (Lipinski definition) is 1. The van der Waals surface area contributed by atoms with Crippen LogP contribution in [0.15, 0.2) is 54.6 Å². The molecule has 0 aliphatic rings. The predicted molar refractivity (Wildman–Crippen MR) is 129 cm³/mol. The van der Waals surface area contributed by atoms with Crippen LogP contribution < -0.4 is 5.32 Å². The summed E-state index contributed by atoms with van der Waals surface area (Å²) in [4.78, 5) is 23.5. The van der Waals surface area contributed by atoms with Crippen LogP contribution in [0.4, 0.5) is 11.5 Å². The summed E-state index contributed by atoms with van der Waals surface area (Å²) in [5, 5.41) is 23.5. The molecular formula is C24H23ClN6O3. The van der Waals surface area contributed by atoms with E-state index in [1.54, 1.807) is 30.7 Å². The Morgan fingerprint density at radius 1 is 0.971 bits per heavy atom. The average Bonchev–Trinajstić information content (AvgIpc) is 3.27. The third kappa shape index (κ3) is 4.99. The molecule has 2 aromatic heterocycles. The number of benzene rings is 2. The van der Waals surface area contributed by atoms with Gasteiger partial charge >= 0.3 is 5.69 Å². The fraction of sp³-hybridized carbons (Fsp3) is 0.208. The Morgan fingerprint density at radius 3 is 2.15 bits per heavy atom. The number of aryl methyl sites for hydroxylation is 2. The van der Waals surface area contributed by atoms with Crippen LogP contribution in [0.25, 0.3) is 0 Å². The zero-order valence-electron chi connectivity index (χ0n) is 18.9. The largest absolute Gasteiger partial charge is 0.312 e. The normalized spacial score (nSPS) is 10.9. The van der Waals surface area contributed by atoms with Gasteiger partial charge in [-0.1, -0.05) is 35.9 Å². The monoisotopic (exact) mass is 478 g/mol. The van der Waals surface area contributed by atoms with Crippen LogP contribution in [0.1, 0.15) is 38.6 Å². The molecule has 1 N–H and O–H groups in total. The molecule has 0 fully saturated rings. The summed E-state index contributed by atoms with van der Waals surface area (Å²) in [7, 11) is 0. The molecule has 0 bridgehead atoms. The Kier molecular flexibility index (Phi) is 6.47. The number of nitro groups is 1. The zero-order valence-corrected chi connectivity index (χ0v) is 19.7. The molecule has 0 aliphatic heterocycles. The van der Waals surface area contributed by atoms with Gasteiger partial charge in [0.1, 0.15) is 11.4 Å². The van der Waals surface area contributed by atoms with Crippen LogP contribution >= 0.6 is 11.6 Å². The molecule has 4 aromatic rings. The highest BCUT2D eigenvalue weighted by Gasteiger charge is 2.21. The molecule has 10 heteroatoms. The molecule has 0 unspecified atom stereocenters. The second-order valence-electron chi connectivity index (χ2n) is 8.04. The van der Waals surface area contributed by atoms with Crippen LogP contribution in [0, 0.1) is 30.9 Å². The molecule has 1 amide bonds. The number of anilines is 1. The van der Waals surface area contributed by atoms with Crippen molar-refractivity contribution in [3.63, 3.8) is 0 Å². The molecule has 4 rings (SSSR count). The number of nitrogens with one attached hydrogen (secondary N) is 1. The lowest BCUT2D eigenvalue weighted by molar-refractivity contribution is -0.386. The van der Waals surface area contributed by atoms with Crippen molar-refractivity contribution in [1.29, 1.82) is 0 Å². The summed E-state index contributed by atoms with van der Waals surface area (Å²) in [6, 6.07) is 16.4. The third-order valence-corrected chi connectivity index (χ3v) is 5.79. The summed E-state index contributed by atoms with van der Waals surface area (Å²) < 4.78 is 3.41. The van der Waals surface area contributed by atoms with Crippen LogP contribution in [-0.4, -0.2) is 30.4 Å². The van der Waals surface area contributed by atoms with Crippen molar-refractivity contribution >= 4 is 29.0 Å². The molecule has 0 aliphatic carbocycles. The first-order valence-corrected chi connectivity index (χ1v) is 11.0. The smallest absolute Gasteiger partial charge is 0.305 e. The SMILES string of the molecule is Cc1nn(Cc2ccc(C(=O)Nc3cc(C)n(Cc4ccc(Cl)cc4)n3)cc2)c(C)c1[N+](=O)[O-]. The van der Waals surface area contributed by atoms with Crippen molar-refractivity contribution in [2.45, 2.75) is 33.9 Å². The number of carbonyl (C=O) groups is 1. The van der Waals surface area contributed by atoms with Gasteiger partial charge in [0.25, 0.3) is 5.91 Å². The molecule has 174 valence electrons. The maximum Gasteiger partial charge on any atom is 0.312 e. The number of halogens is 1. The highest BCUT2D eigenvalue weighted by atomic mass is 35.5. The van der Waals surface area contributed by atoms with Crippen LogP contribution in [0.3, 0.4) is 0 Å². The topological polar surface area (TPSA) is 108 Å². The highest BCUT2D eigenvalue weighted by Crippen LogP contribution is 2.23. The van der Waals surface area contributed by atoms with E-state index in [9.17, 15) is 14.9 Å². The number of aromatic nitrogens is 4. The van der Waals surface area contributed by atoms with Crippen LogP contribution in [-0.2, 0) is 13.1 Å². The summed E-state index contributed by atoms with van der Waals surface area (Å²) >= 11 is 5.94. The Labute approximate surface area is 201 Å². The fourth-order valence-corrected chi connectivity index (χ4v) is 3.85. The first-order chi connectivity index (χ1) is 16.2. The van der Waals surface area contributed by atoms with Crippen molar-refractivity contribution in [2.75, 3.05) is 5.32 Å². The molecule has 0 saturated heterocycles. The molecule has 0 saturated carbocycles. The Balaban J connectivity index is 1.42. The summed E-state index contributed by atoms with van der Waals surface area (Å²) in [6.45, 7) is 6.16. The molecule has 2 heterocycles. The first-order valence-electron chi connectivity index (χ1n) is 10.6. The van der Waals surface area contributed by atoms with Gasteiger partial charge in [-0.15, -0.1) is 0 Å². The van der Waals surface area contributed by atoms with Crippen LogP contribution in [0.5, 0.6) is 0 Å². The van der Waals surface area contributed by atoms with Crippen molar-refractivity contribution in [3.05, 3.63) is 104 Å². The van der Waals surface area contributed by atoms with E-state index in [2.05, 4.69) is 15.5 Å². The van der Waals surface area contributed by atoms with Gasteiger partial charge in [-0.25, -0.2) is 0 Å². The lowest BCUT2D eigenvalue weighted by atomic mass is 10.1. The molecule has 0 spiro atoms. The average molecular weight is 479 g/mol. The number of carbonyl (C=O) groups excluding carboxylic acids is 1. The van der Waals surface area contributed by atoms with E-state index in [0.717, 1.165) is 16.8 Å². The van der Waals surface area contributed by atoms with Gasteiger partial charge in [0.05, 0.1) is 18.0 Å². The minimum atomic E-state index is -0.417. The molecular weight excluding hydrogens is 456 g/mol.